The number of carbonyl (C=O) groups excluding carboxylic acids is 1. The molecule has 2 N–H and O–H groups in total. The van der Waals surface area contributed by atoms with Crippen LogP contribution in [0.5, 0.6) is 0 Å². The second-order valence-corrected chi connectivity index (χ2v) is 5.39. The quantitative estimate of drug-likeness (QED) is 0.729. The topological polar surface area (TPSA) is 88.4 Å². The largest absolute Gasteiger partial charge is 0.370 e. The lowest BCUT2D eigenvalue weighted by Gasteiger charge is -2.07. The minimum atomic E-state index is -0.215. The van der Waals surface area contributed by atoms with Gasteiger partial charge in [-0.15, -0.1) is 11.3 Å². The van der Waals surface area contributed by atoms with Crippen molar-refractivity contribution in [1.29, 1.82) is 0 Å². The second kappa shape index (κ2) is 6.35. The lowest BCUT2D eigenvalue weighted by molar-refractivity contribution is -0.119. The molecule has 0 aromatic carbocycles. The highest BCUT2D eigenvalue weighted by molar-refractivity contribution is 7.15. The summed E-state index contributed by atoms with van der Waals surface area (Å²) in [5.41, 5.74) is 1.05. The van der Waals surface area contributed by atoms with Gasteiger partial charge in [-0.1, -0.05) is 0 Å². The van der Waals surface area contributed by atoms with Crippen molar-refractivity contribution in [2.75, 3.05) is 11.9 Å². The van der Waals surface area contributed by atoms with Gasteiger partial charge in [-0.05, 0) is 17.7 Å². The Morgan fingerprint density at radius 1 is 1.32 bits per heavy atom. The molecule has 3 rings (SSSR count). The predicted octanol–water partition coefficient (Wildman–Crippen LogP) is 0.879. The summed E-state index contributed by atoms with van der Waals surface area (Å²) in [6.45, 7) is 0.433. The molecule has 112 valence electrons. The Morgan fingerprint density at radius 3 is 2.95 bits per heavy atom. The molecular weight excluding hydrogens is 302 g/mol. The highest BCUT2D eigenvalue weighted by atomic mass is 32.1. The SMILES string of the molecule is O=C(CNc1cnc2sccn2c1=O)NCc1ccncc1. The van der Waals surface area contributed by atoms with Gasteiger partial charge < -0.3 is 10.6 Å². The van der Waals surface area contributed by atoms with Crippen LogP contribution in [0.3, 0.4) is 0 Å². The van der Waals surface area contributed by atoms with Gasteiger partial charge in [0.15, 0.2) is 4.96 Å². The number of amides is 1. The summed E-state index contributed by atoms with van der Waals surface area (Å²) in [7, 11) is 0. The first kappa shape index (κ1) is 14.2. The van der Waals surface area contributed by atoms with E-state index in [4.69, 9.17) is 0 Å². The maximum Gasteiger partial charge on any atom is 0.281 e. The number of carbonyl (C=O) groups is 1. The van der Waals surface area contributed by atoms with Crippen molar-refractivity contribution in [3.63, 3.8) is 0 Å². The second-order valence-electron chi connectivity index (χ2n) is 4.52. The van der Waals surface area contributed by atoms with Gasteiger partial charge in [0.1, 0.15) is 5.69 Å². The van der Waals surface area contributed by atoms with E-state index in [0.717, 1.165) is 5.56 Å². The van der Waals surface area contributed by atoms with Crippen LogP contribution < -0.4 is 16.2 Å². The van der Waals surface area contributed by atoms with Gasteiger partial charge in [0, 0.05) is 30.5 Å². The smallest absolute Gasteiger partial charge is 0.281 e. The molecule has 0 aliphatic carbocycles. The number of fused-ring (bicyclic) bond motifs is 1. The van der Waals surface area contributed by atoms with E-state index in [-0.39, 0.29) is 18.0 Å². The maximum absolute atomic E-state index is 12.1. The van der Waals surface area contributed by atoms with E-state index in [9.17, 15) is 9.59 Å². The van der Waals surface area contributed by atoms with Crippen molar-refractivity contribution in [1.82, 2.24) is 19.7 Å². The van der Waals surface area contributed by atoms with Crippen LogP contribution >= 0.6 is 11.3 Å². The van der Waals surface area contributed by atoms with Crippen LogP contribution in [0.15, 0.2) is 47.1 Å². The molecule has 1 amide bonds. The third kappa shape index (κ3) is 3.12. The molecule has 0 aliphatic rings. The number of rotatable bonds is 5. The van der Waals surface area contributed by atoms with E-state index < -0.39 is 0 Å². The zero-order valence-electron chi connectivity index (χ0n) is 11.5. The first-order valence-electron chi connectivity index (χ1n) is 6.58. The summed E-state index contributed by atoms with van der Waals surface area (Å²) in [6, 6.07) is 3.66. The van der Waals surface area contributed by atoms with Crippen LogP contribution in [0.4, 0.5) is 5.69 Å². The molecule has 0 fully saturated rings. The summed E-state index contributed by atoms with van der Waals surface area (Å²) < 4.78 is 1.45. The first-order chi connectivity index (χ1) is 10.7. The molecule has 0 atom stereocenters. The van der Waals surface area contributed by atoms with Gasteiger partial charge in [0.2, 0.25) is 5.91 Å². The van der Waals surface area contributed by atoms with Crippen molar-refractivity contribution in [3.05, 3.63) is 58.2 Å². The highest BCUT2D eigenvalue weighted by Gasteiger charge is 2.07. The van der Waals surface area contributed by atoms with Crippen molar-refractivity contribution >= 4 is 27.9 Å². The lowest BCUT2D eigenvalue weighted by Crippen LogP contribution is -2.31. The van der Waals surface area contributed by atoms with Crippen LogP contribution in [0, 0.1) is 0 Å². The van der Waals surface area contributed by atoms with Crippen LogP contribution in [-0.4, -0.2) is 26.8 Å². The monoisotopic (exact) mass is 315 g/mol. The average molecular weight is 315 g/mol. The Bertz CT molecular complexity index is 843. The average Bonchev–Trinajstić information content (AvgIpc) is 3.03. The highest BCUT2D eigenvalue weighted by Crippen LogP contribution is 2.07. The van der Waals surface area contributed by atoms with Crippen LogP contribution in [0.25, 0.3) is 4.96 Å². The fourth-order valence-electron chi connectivity index (χ4n) is 1.89. The van der Waals surface area contributed by atoms with Crippen molar-refractivity contribution < 1.29 is 4.79 Å². The number of anilines is 1. The molecule has 0 saturated heterocycles. The molecule has 3 aromatic rings. The normalized spacial score (nSPS) is 10.5. The number of nitrogens with zero attached hydrogens (tertiary/aromatic N) is 3. The molecular formula is C14H13N5O2S. The molecule has 8 heteroatoms. The number of nitrogens with one attached hydrogen (secondary N) is 2. The Morgan fingerprint density at radius 2 is 2.14 bits per heavy atom. The third-order valence-electron chi connectivity index (χ3n) is 3.02. The number of aromatic nitrogens is 3. The number of pyridine rings is 1. The number of hydrogen-bond donors (Lipinski definition) is 2. The van der Waals surface area contributed by atoms with Crippen molar-refractivity contribution in [2.24, 2.45) is 0 Å². The van der Waals surface area contributed by atoms with E-state index >= 15 is 0 Å². The fraction of sp³-hybridized carbons (Fsp3) is 0.143. The van der Waals surface area contributed by atoms with E-state index in [0.29, 0.717) is 17.2 Å². The van der Waals surface area contributed by atoms with Crippen molar-refractivity contribution in [3.8, 4) is 0 Å². The Kier molecular flexibility index (Phi) is 4.10. The molecule has 3 heterocycles. The summed E-state index contributed by atoms with van der Waals surface area (Å²) in [5, 5.41) is 7.37. The van der Waals surface area contributed by atoms with E-state index in [1.54, 1.807) is 24.0 Å². The van der Waals surface area contributed by atoms with E-state index in [2.05, 4.69) is 20.6 Å². The number of thiazole rings is 1. The molecule has 0 aliphatic heterocycles. The molecule has 0 spiro atoms. The van der Waals surface area contributed by atoms with E-state index in [1.165, 1.54) is 21.9 Å². The molecule has 7 nitrogen and oxygen atoms in total. The van der Waals surface area contributed by atoms with Gasteiger partial charge in [-0.25, -0.2) is 4.98 Å². The Hall–Kier alpha value is -2.74. The molecule has 0 bridgehead atoms. The first-order valence-corrected chi connectivity index (χ1v) is 7.46. The molecule has 3 aromatic heterocycles. The minimum Gasteiger partial charge on any atom is -0.370 e. The summed E-state index contributed by atoms with van der Waals surface area (Å²) in [4.78, 5) is 32.6. The summed E-state index contributed by atoms with van der Waals surface area (Å²) >= 11 is 1.38. The maximum atomic E-state index is 12.1. The Balaban J connectivity index is 1.58. The fourth-order valence-corrected chi connectivity index (χ4v) is 2.56. The minimum absolute atomic E-state index is 0.0121. The van der Waals surface area contributed by atoms with Crippen LogP contribution in [0.2, 0.25) is 0 Å². The zero-order chi connectivity index (χ0) is 15.4. The molecule has 0 radical (unpaired) electrons. The van der Waals surface area contributed by atoms with Crippen molar-refractivity contribution in [2.45, 2.75) is 6.54 Å². The van der Waals surface area contributed by atoms with Gasteiger partial charge >= 0.3 is 0 Å². The molecule has 22 heavy (non-hydrogen) atoms. The van der Waals surface area contributed by atoms with E-state index in [1.807, 2.05) is 12.1 Å². The molecule has 0 saturated carbocycles. The zero-order valence-corrected chi connectivity index (χ0v) is 12.3. The standard InChI is InChI=1S/C14H13N5O2S/c20-12(17-7-10-1-3-15-4-2-10)9-16-11-8-18-14-19(13(11)21)5-6-22-14/h1-6,8,16H,7,9H2,(H,17,20). The molecule has 0 unspecified atom stereocenters. The number of hydrogen-bond acceptors (Lipinski definition) is 6. The van der Waals surface area contributed by atoms with Gasteiger partial charge in [0.25, 0.3) is 5.56 Å². The summed E-state index contributed by atoms with van der Waals surface area (Å²) in [5.74, 6) is -0.202. The third-order valence-corrected chi connectivity index (χ3v) is 3.79. The Labute approximate surface area is 129 Å². The van der Waals surface area contributed by atoms with Crippen LogP contribution in [0.1, 0.15) is 5.56 Å². The summed E-state index contributed by atoms with van der Waals surface area (Å²) in [6.07, 6.45) is 6.44. The predicted molar refractivity (Wildman–Crippen MR) is 83.9 cm³/mol. The van der Waals surface area contributed by atoms with Gasteiger partial charge in [0.05, 0.1) is 12.7 Å². The lowest BCUT2D eigenvalue weighted by atomic mass is 10.3. The van der Waals surface area contributed by atoms with Gasteiger partial charge in [-0.2, -0.15) is 0 Å². The van der Waals surface area contributed by atoms with Gasteiger partial charge in [-0.3, -0.25) is 19.0 Å². The van der Waals surface area contributed by atoms with Crippen LogP contribution in [-0.2, 0) is 11.3 Å².